The quantitative estimate of drug-likeness (QED) is 0.0547. The zero-order chi connectivity index (χ0) is 28.2. The molecular formula is C29H29Cl5O5. The van der Waals surface area contributed by atoms with Gasteiger partial charge in [0.15, 0.2) is 5.75 Å². The van der Waals surface area contributed by atoms with Gasteiger partial charge in [-0.05, 0) is 55.0 Å². The van der Waals surface area contributed by atoms with Crippen molar-refractivity contribution in [2.75, 3.05) is 19.8 Å². The third kappa shape index (κ3) is 9.54. The second kappa shape index (κ2) is 16.3. The van der Waals surface area contributed by atoms with Gasteiger partial charge < -0.3 is 18.9 Å². The summed E-state index contributed by atoms with van der Waals surface area (Å²) >= 11 is 30.4. The molecule has 210 valence electrons. The van der Waals surface area contributed by atoms with Crippen LogP contribution in [0.4, 0.5) is 0 Å². The normalized spacial score (nSPS) is 10.8. The third-order valence-electron chi connectivity index (χ3n) is 5.66. The minimum Gasteiger partial charge on any atom is -0.494 e. The summed E-state index contributed by atoms with van der Waals surface area (Å²) in [6.45, 7) is 3.17. The average molecular weight is 635 g/mol. The van der Waals surface area contributed by atoms with Gasteiger partial charge in [-0.25, -0.2) is 4.79 Å². The summed E-state index contributed by atoms with van der Waals surface area (Å²) in [5.74, 6) is 1.33. The molecule has 0 unspecified atom stereocenters. The van der Waals surface area contributed by atoms with Crippen LogP contribution in [-0.2, 0) is 0 Å². The lowest BCUT2D eigenvalue weighted by molar-refractivity contribution is 0.0734. The summed E-state index contributed by atoms with van der Waals surface area (Å²) in [7, 11) is 0. The number of ether oxygens (including phenoxy) is 4. The predicted octanol–water partition coefficient (Wildman–Crippen LogP) is 10.4. The number of carbonyl (C=O) groups excluding carboxylic acids is 1. The molecule has 0 fully saturated rings. The first-order valence-electron chi connectivity index (χ1n) is 12.6. The Kier molecular flexibility index (Phi) is 13.2. The fourth-order valence-electron chi connectivity index (χ4n) is 3.54. The fraction of sp³-hybridized carbons (Fsp3) is 0.345. The zero-order valence-corrected chi connectivity index (χ0v) is 25.2. The van der Waals surface area contributed by atoms with Crippen molar-refractivity contribution in [3.63, 3.8) is 0 Å². The second-order valence-corrected chi connectivity index (χ2v) is 10.5. The van der Waals surface area contributed by atoms with Crippen LogP contribution in [-0.4, -0.2) is 25.8 Å². The monoisotopic (exact) mass is 632 g/mol. The number of hydrogen-bond acceptors (Lipinski definition) is 5. The molecule has 0 spiro atoms. The summed E-state index contributed by atoms with van der Waals surface area (Å²) in [5, 5.41) is 0.306. The highest BCUT2D eigenvalue weighted by Gasteiger charge is 2.20. The molecule has 0 N–H and O–H groups in total. The lowest BCUT2D eigenvalue weighted by Crippen LogP contribution is -2.10. The third-order valence-corrected chi connectivity index (χ3v) is 7.90. The first-order chi connectivity index (χ1) is 18.8. The maximum atomic E-state index is 12.5. The van der Waals surface area contributed by atoms with E-state index < -0.39 is 5.97 Å². The van der Waals surface area contributed by atoms with Crippen molar-refractivity contribution in [2.45, 2.75) is 45.4 Å². The van der Waals surface area contributed by atoms with E-state index in [1.54, 1.807) is 48.5 Å². The average Bonchev–Trinajstić information content (AvgIpc) is 2.95. The van der Waals surface area contributed by atoms with Crippen molar-refractivity contribution in [2.24, 2.45) is 0 Å². The topological polar surface area (TPSA) is 54.0 Å². The van der Waals surface area contributed by atoms with E-state index in [0.29, 0.717) is 23.7 Å². The molecule has 0 amide bonds. The number of benzene rings is 3. The SMILES string of the molecule is CCCCCCCCOc1ccc(C(=O)Oc2ccc(OCCOc3c(Cl)c(Cl)c(Cl)c(Cl)c3Cl)cc2)cc1. The van der Waals surface area contributed by atoms with Gasteiger partial charge in [0, 0.05) is 0 Å². The fourth-order valence-corrected chi connectivity index (χ4v) is 4.77. The van der Waals surface area contributed by atoms with Crippen LogP contribution in [0.15, 0.2) is 48.5 Å². The summed E-state index contributed by atoms with van der Waals surface area (Å²) in [5.41, 5.74) is 0.430. The molecule has 0 aliphatic carbocycles. The van der Waals surface area contributed by atoms with Crippen molar-refractivity contribution in [1.82, 2.24) is 0 Å². The number of hydrogen-bond donors (Lipinski definition) is 0. The van der Waals surface area contributed by atoms with Gasteiger partial charge in [0.1, 0.15) is 40.5 Å². The molecule has 0 bridgehead atoms. The van der Waals surface area contributed by atoms with Crippen LogP contribution in [0.1, 0.15) is 55.8 Å². The molecule has 0 saturated heterocycles. The summed E-state index contributed by atoms with van der Waals surface area (Å²) < 4.78 is 22.5. The van der Waals surface area contributed by atoms with Crippen LogP contribution in [0.3, 0.4) is 0 Å². The molecule has 0 radical (unpaired) electrons. The van der Waals surface area contributed by atoms with Gasteiger partial charge in [-0.15, -0.1) is 0 Å². The van der Waals surface area contributed by atoms with E-state index in [2.05, 4.69) is 6.92 Å². The van der Waals surface area contributed by atoms with Crippen molar-refractivity contribution in [1.29, 1.82) is 0 Å². The van der Waals surface area contributed by atoms with E-state index in [1.165, 1.54) is 32.1 Å². The van der Waals surface area contributed by atoms with Gasteiger partial charge in [0.25, 0.3) is 0 Å². The van der Waals surface area contributed by atoms with Crippen LogP contribution in [0, 0.1) is 0 Å². The molecule has 3 aromatic carbocycles. The Morgan fingerprint density at radius 1 is 0.564 bits per heavy atom. The van der Waals surface area contributed by atoms with Crippen molar-refractivity contribution < 1.29 is 23.7 Å². The molecule has 3 rings (SSSR count). The van der Waals surface area contributed by atoms with Crippen LogP contribution in [0.2, 0.25) is 25.1 Å². The van der Waals surface area contributed by atoms with Crippen LogP contribution in [0.25, 0.3) is 0 Å². The Bertz CT molecular complexity index is 1190. The molecule has 0 aromatic heterocycles. The van der Waals surface area contributed by atoms with E-state index in [9.17, 15) is 4.79 Å². The Hall–Kier alpha value is -2.02. The van der Waals surface area contributed by atoms with Gasteiger partial charge in [0.05, 0.1) is 27.2 Å². The van der Waals surface area contributed by atoms with Gasteiger partial charge in [-0.1, -0.05) is 97.0 Å². The largest absolute Gasteiger partial charge is 0.494 e. The number of halogens is 5. The maximum Gasteiger partial charge on any atom is 0.343 e. The minimum atomic E-state index is -0.464. The van der Waals surface area contributed by atoms with Gasteiger partial charge in [0.2, 0.25) is 0 Å². The van der Waals surface area contributed by atoms with Gasteiger partial charge >= 0.3 is 5.97 Å². The molecule has 0 aliphatic heterocycles. The Morgan fingerprint density at radius 3 is 1.64 bits per heavy atom. The molecule has 0 heterocycles. The molecular weight excluding hydrogens is 606 g/mol. The second-order valence-electron chi connectivity index (χ2n) is 8.60. The van der Waals surface area contributed by atoms with E-state index in [4.69, 9.17) is 77.0 Å². The minimum absolute atomic E-state index is 0.0570. The Morgan fingerprint density at radius 2 is 1.03 bits per heavy atom. The Labute approximate surface area is 254 Å². The molecule has 39 heavy (non-hydrogen) atoms. The smallest absolute Gasteiger partial charge is 0.343 e. The van der Waals surface area contributed by atoms with Gasteiger partial charge in [-0.3, -0.25) is 0 Å². The van der Waals surface area contributed by atoms with Crippen LogP contribution in [0.5, 0.6) is 23.0 Å². The van der Waals surface area contributed by atoms with E-state index in [1.807, 2.05) is 0 Å². The van der Waals surface area contributed by atoms with Crippen molar-refractivity contribution in [3.05, 3.63) is 79.2 Å². The molecule has 5 nitrogen and oxygen atoms in total. The number of rotatable bonds is 15. The summed E-state index contributed by atoms with van der Waals surface area (Å²) in [6, 6.07) is 13.6. The number of carbonyl (C=O) groups is 1. The molecule has 10 heteroatoms. The van der Waals surface area contributed by atoms with E-state index >= 15 is 0 Å². The van der Waals surface area contributed by atoms with Crippen LogP contribution >= 0.6 is 58.0 Å². The molecule has 0 atom stereocenters. The molecule has 0 saturated carbocycles. The highest BCUT2D eigenvalue weighted by atomic mass is 35.5. The molecule has 3 aromatic rings. The first-order valence-corrected chi connectivity index (χ1v) is 14.5. The van der Waals surface area contributed by atoms with Crippen LogP contribution < -0.4 is 18.9 Å². The number of unbranched alkanes of at least 4 members (excludes halogenated alkanes) is 5. The summed E-state index contributed by atoms with van der Waals surface area (Å²) in [4.78, 5) is 12.5. The van der Waals surface area contributed by atoms with E-state index in [0.717, 1.165) is 12.2 Å². The molecule has 0 aliphatic rings. The lowest BCUT2D eigenvalue weighted by Gasteiger charge is -2.14. The Balaban J connectivity index is 1.40. The van der Waals surface area contributed by atoms with Crippen molar-refractivity contribution in [3.8, 4) is 23.0 Å². The van der Waals surface area contributed by atoms with E-state index in [-0.39, 0.29) is 44.1 Å². The highest BCUT2D eigenvalue weighted by Crippen LogP contribution is 2.48. The van der Waals surface area contributed by atoms with Crippen molar-refractivity contribution >= 4 is 64.0 Å². The first kappa shape index (κ1) is 31.5. The van der Waals surface area contributed by atoms with Gasteiger partial charge in [-0.2, -0.15) is 0 Å². The predicted molar refractivity (Wildman–Crippen MR) is 159 cm³/mol. The summed E-state index contributed by atoms with van der Waals surface area (Å²) in [6.07, 6.45) is 7.24. The highest BCUT2D eigenvalue weighted by molar-refractivity contribution is 6.55. The zero-order valence-electron chi connectivity index (χ0n) is 21.4. The standard InChI is InChI=1S/C29H29Cl5O5/c1-2-3-4-5-6-7-16-36-20-10-8-19(9-11-20)29(35)39-22-14-12-21(13-15-22)37-17-18-38-28-26(33)24(31)23(30)25(32)27(28)34/h8-15H,2-7,16-18H2,1H3. The number of esters is 1. The maximum absolute atomic E-state index is 12.5. The lowest BCUT2D eigenvalue weighted by atomic mass is 10.1.